The first-order valence-corrected chi connectivity index (χ1v) is 5.23. The maximum Gasteiger partial charge on any atom is 0.290 e. The van der Waals surface area contributed by atoms with E-state index in [0.717, 1.165) is 5.56 Å². The summed E-state index contributed by atoms with van der Waals surface area (Å²) in [5.74, 6) is -0.292. The van der Waals surface area contributed by atoms with Gasteiger partial charge in [0.25, 0.3) is 5.82 Å². The van der Waals surface area contributed by atoms with Gasteiger partial charge in [-0.15, -0.1) is 4.99 Å². The Labute approximate surface area is 106 Å². The van der Waals surface area contributed by atoms with E-state index in [4.69, 9.17) is 18.9 Å². The molecule has 1 aromatic carbocycles. The maximum absolute atomic E-state index is 6.82. The van der Waals surface area contributed by atoms with Gasteiger partial charge in [0.15, 0.2) is 6.34 Å². The predicted molar refractivity (Wildman–Crippen MR) is 70.9 cm³/mol. The monoisotopic (exact) mass is 239 g/mol. The van der Waals surface area contributed by atoms with Crippen molar-refractivity contribution >= 4 is 6.34 Å². The smallest absolute Gasteiger partial charge is 0.290 e. The number of nitrogens with one attached hydrogen (secondary N) is 1. The summed E-state index contributed by atoms with van der Waals surface area (Å²) in [4.78, 5) is 9.82. The van der Waals surface area contributed by atoms with Gasteiger partial charge < -0.3 is 20.7 Å². The molecule has 5 nitrogen and oxygen atoms in total. The van der Waals surface area contributed by atoms with E-state index < -0.39 is 0 Å². The van der Waals surface area contributed by atoms with E-state index in [2.05, 4.69) is 20.0 Å². The van der Waals surface area contributed by atoms with Crippen molar-refractivity contribution in [2.75, 3.05) is 0 Å². The van der Waals surface area contributed by atoms with Gasteiger partial charge in [-0.2, -0.15) is 0 Å². The van der Waals surface area contributed by atoms with Crippen molar-refractivity contribution < 1.29 is 0 Å². The summed E-state index contributed by atoms with van der Waals surface area (Å²) in [6.07, 6.45) is 1.38. The summed E-state index contributed by atoms with van der Waals surface area (Å²) < 4.78 is 0. The highest BCUT2D eigenvalue weighted by molar-refractivity contribution is 5.57. The second-order valence-electron chi connectivity index (χ2n) is 3.56. The van der Waals surface area contributed by atoms with E-state index in [1.54, 1.807) is 0 Å². The number of nitrogens with two attached hydrogens (primary N) is 1. The van der Waals surface area contributed by atoms with Crippen LogP contribution in [0.15, 0.2) is 40.9 Å². The third-order valence-corrected chi connectivity index (χ3v) is 2.16. The Balaban J connectivity index is 2.55. The Morgan fingerprint density at radius 2 is 2.00 bits per heavy atom. The molecule has 0 saturated heterocycles. The van der Waals surface area contributed by atoms with Gasteiger partial charge in [-0.3, -0.25) is 0 Å². The van der Waals surface area contributed by atoms with Crippen LogP contribution in [0.4, 0.5) is 0 Å². The fraction of sp³-hybridized carbons (Fsp3) is 0.154. The molecule has 0 aliphatic heterocycles. The molecule has 0 aliphatic carbocycles. The Hall–Kier alpha value is -2.79. The van der Waals surface area contributed by atoms with Crippen LogP contribution in [0.3, 0.4) is 0 Å². The normalized spacial score (nSPS) is 11.5. The van der Waals surface area contributed by atoms with Gasteiger partial charge in [-0.05, 0) is 12.5 Å². The molecule has 90 valence electrons. The van der Waals surface area contributed by atoms with Crippen LogP contribution in [0, 0.1) is 20.1 Å². The average molecular weight is 239 g/mol. The van der Waals surface area contributed by atoms with E-state index >= 15 is 0 Å². The van der Waals surface area contributed by atoms with Gasteiger partial charge in [-0.25, -0.2) is 0 Å². The van der Waals surface area contributed by atoms with Crippen LogP contribution in [-0.2, 0) is 6.54 Å². The van der Waals surface area contributed by atoms with Crippen molar-refractivity contribution in [1.29, 1.82) is 0 Å². The van der Waals surface area contributed by atoms with Crippen LogP contribution in [0.2, 0.25) is 0 Å². The fourth-order valence-corrected chi connectivity index (χ4v) is 1.18. The molecule has 0 bridgehead atoms. The fourth-order valence-electron chi connectivity index (χ4n) is 1.18. The summed E-state index contributed by atoms with van der Waals surface area (Å²) in [7, 11) is 0. The molecule has 0 unspecified atom stereocenters. The predicted octanol–water partition coefficient (Wildman–Crippen LogP) is 2.04. The second-order valence-corrected chi connectivity index (χ2v) is 3.56. The topological polar surface area (TPSA) is 59.1 Å². The zero-order valence-corrected chi connectivity index (χ0v) is 10.0. The molecule has 0 spiro atoms. The molecule has 0 saturated carbocycles. The molecule has 1 rings (SSSR count). The third kappa shape index (κ3) is 3.99. The molecular weight excluding hydrogens is 226 g/mol. The lowest BCUT2D eigenvalue weighted by Crippen LogP contribution is -2.10. The lowest BCUT2D eigenvalue weighted by atomic mass is 10.1. The van der Waals surface area contributed by atoms with Crippen LogP contribution in [-0.4, -0.2) is 6.34 Å². The lowest BCUT2D eigenvalue weighted by Gasteiger charge is -2.00. The van der Waals surface area contributed by atoms with Crippen LogP contribution in [0.1, 0.15) is 11.1 Å². The van der Waals surface area contributed by atoms with Crippen LogP contribution in [0.25, 0.3) is 9.69 Å². The quantitative estimate of drug-likeness (QED) is 0.480. The Morgan fingerprint density at radius 1 is 1.33 bits per heavy atom. The molecule has 0 heterocycles. The molecule has 0 aromatic heterocycles. The van der Waals surface area contributed by atoms with Gasteiger partial charge in [0, 0.05) is 6.54 Å². The number of nitrogens with zero attached hydrogens (tertiary/aromatic N) is 3. The largest absolute Gasteiger partial charge is 0.374 e. The van der Waals surface area contributed by atoms with Crippen LogP contribution in [0.5, 0.6) is 0 Å². The zero-order valence-electron chi connectivity index (χ0n) is 10.0. The highest BCUT2D eigenvalue weighted by Gasteiger charge is 1.98. The van der Waals surface area contributed by atoms with Crippen molar-refractivity contribution in [3.63, 3.8) is 0 Å². The number of aliphatic imine (C=N–C) groups is 1. The molecular formula is C13H13N5. The van der Waals surface area contributed by atoms with Crippen LogP contribution >= 0.6 is 0 Å². The van der Waals surface area contributed by atoms with E-state index in [0.29, 0.717) is 6.54 Å². The minimum absolute atomic E-state index is 0.0959. The summed E-state index contributed by atoms with van der Waals surface area (Å²) >= 11 is 0. The zero-order chi connectivity index (χ0) is 13.4. The number of benzene rings is 1. The molecule has 5 heteroatoms. The standard InChI is InChI=1S/C13H13N5/c1-10-4-6-11(7-5-10)8-17-9-18-13(16-3)12(14)15-2/h4-7,9H,8,14H2,1H3,(H,17,18)/b13-12+. The van der Waals surface area contributed by atoms with Gasteiger partial charge in [0.1, 0.15) is 0 Å². The highest BCUT2D eigenvalue weighted by atomic mass is 15.0. The highest BCUT2D eigenvalue weighted by Crippen LogP contribution is 2.03. The number of hydrogen-bond donors (Lipinski definition) is 2. The van der Waals surface area contributed by atoms with Gasteiger partial charge in [0.2, 0.25) is 5.82 Å². The summed E-state index contributed by atoms with van der Waals surface area (Å²) in [5, 5.41) is 2.94. The van der Waals surface area contributed by atoms with Crippen molar-refractivity contribution in [2.45, 2.75) is 13.5 Å². The van der Waals surface area contributed by atoms with E-state index in [1.165, 1.54) is 11.9 Å². The molecule has 0 fully saturated rings. The SMILES string of the molecule is [C-]#[N+]/C(N)=C(/N=C\NCc1ccc(C)cc1)[N+]#[C-]. The lowest BCUT2D eigenvalue weighted by molar-refractivity contribution is 0.930. The van der Waals surface area contributed by atoms with Gasteiger partial charge in [0.05, 0.1) is 0 Å². The average Bonchev–Trinajstić information content (AvgIpc) is 2.40. The molecule has 0 atom stereocenters. The van der Waals surface area contributed by atoms with E-state index in [-0.39, 0.29) is 11.6 Å². The van der Waals surface area contributed by atoms with Crippen molar-refractivity contribution in [1.82, 2.24) is 5.32 Å². The minimum Gasteiger partial charge on any atom is -0.374 e. The van der Waals surface area contributed by atoms with Gasteiger partial charge >= 0.3 is 0 Å². The minimum atomic E-state index is -0.196. The number of hydrogen-bond acceptors (Lipinski definition) is 2. The summed E-state index contributed by atoms with van der Waals surface area (Å²) in [6, 6.07) is 8.07. The Bertz CT molecular complexity index is 540. The molecule has 0 aliphatic rings. The molecule has 3 N–H and O–H groups in total. The number of rotatable bonds is 4. The van der Waals surface area contributed by atoms with E-state index in [9.17, 15) is 0 Å². The van der Waals surface area contributed by atoms with Gasteiger partial charge in [-0.1, -0.05) is 43.0 Å². The molecule has 0 amide bonds. The molecule has 1 aromatic rings. The molecule has 18 heavy (non-hydrogen) atoms. The second kappa shape index (κ2) is 6.72. The van der Waals surface area contributed by atoms with Crippen LogP contribution < -0.4 is 11.1 Å². The van der Waals surface area contributed by atoms with Crippen molar-refractivity contribution in [2.24, 2.45) is 10.7 Å². The first kappa shape index (κ1) is 13.3. The summed E-state index contributed by atoms with van der Waals surface area (Å²) in [6.45, 7) is 16.1. The third-order valence-electron chi connectivity index (χ3n) is 2.16. The number of aryl methyl sites for hydroxylation is 1. The molecule has 0 radical (unpaired) electrons. The first-order chi connectivity index (χ1) is 8.67. The first-order valence-electron chi connectivity index (χ1n) is 5.23. The summed E-state index contributed by atoms with van der Waals surface area (Å²) in [5.41, 5.74) is 7.62. The Morgan fingerprint density at radius 3 is 2.56 bits per heavy atom. The maximum atomic E-state index is 6.82. The van der Waals surface area contributed by atoms with Crippen molar-refractivity contribution in [3.8, 4) is 0 Å². The Kier molecular flexibility index (Phi) is 4.96. The van der Waals surface area contributed by atoms with Crippen molar-refractivity contribution in [3.05, 3.63) is 69.9 Å². The van der Waals surface area contributed by atoms with E-state index in [1.807, 2.05) is 31.2 Å².